The number of nitrogens with one attached hydrogen (secondary N) is 2. The Morgan fingerprint density at radius 3 is 2.86 bits per heavy atom. The lowest BCUT2D eigenvalue weighted by molar-refractivity contribution is 0.0668. The average Bonchev–Trinajstić information content (AvgIpc) is 3.24. The zero-order valence-corrected chi connectivity index (χ0v) is 17.4. The fraction of sp³-hybridized carbons (Fsp3) is 0.522. The number of hydrogen-bond acceptors (Lipinski definition) is 5. The summed E-state index contributed by atoms with van der Waals surface area (Å²) < 4.78 is 0. The lowest BCUT2D eigenvalue weighted by Crippen LogP contribution is -2.46. The van der Waals surface area contributed by atoms with Crippen molar-refractivity contribution in [2.75, 3.05) is 19.6 Å². The fourth-order valence-electron chi connectivity index (χ4n) is 4.79. The molecule has 2 saturated heterocycles. The van der Waals surface area contributed by atoms with Gasteiger partial charge in [-0.2, -0.15) is 0 Å². The van der Waals surface area contributed by atoms with E-state index in [1.54, 1.807) is 6.20 Å². The summed E-state index contributed by atoms with van der Waals surface area (Å²) in [5.74, 6) is 1.11. The molecule has 1 amide bonds. The predicted octanol–water partition coefficient (Wildman–Crippen LogP) is 2.85. The minimum Gasteiger partial charge on any atom is -0.339 e. The smallest absolute Gasteiger partial charge is 0.257 e. The highest BCUT2D eigenvalue weighted by molar-refractivity contribution is 5.95. The summed E-state index contributed by atoms with van der Waals surface area (Å²) in [6.45, 7) is 6.80. The van der Waals surface area contributed by atoms with E-state index in [4.69, 9.17) is 0 Å². The Kier molecular flexibility index (Phi) is 6.21. The number of carbonyl (C=O) groups is 1. The molecule has 29 heavy (non-hydrogen) atoms. The van der Waals surface area contributed by atoms with Crippen molar-refractivity contribution >= 4 is 5.91 Å². The molecule has 6 heteroatoms. The van der Waals surface area contributed by atoms with Crippen molar-refractivity contribution < 1.29 is 4.79 Å². The van der Waals surface area contributed by atoms with Gasteiger partial charge in [0.25, 0.3) is 5.91 Å². The third-order valence-electron chi connectivity index (χ3n) is 6.34. The normalized spacial score (nSPS) is 22.8. The highest BCUT2D eigenvalue weighted by Gasteiger charge is 2.37. The molecule has 1 aromatic carbocycles. The van der Waals surface area contributed by atoms with Gasteiger partial charge in [0.15, 0.2) is 0 Å². The average molecular weight is 394 g/mol. The molecule has 2 aliphatic rings. The summed E-state index contributed by atoms with van der Waals surface area (Å²) in [5, 5.41) is 0. The van der Waals surface area contributed by atoms with Gasteiger partial charge in [0.05, 0.1) is 11.3 Å². The number of carbonyl (C=O) groups excluding carboxylic acids is 1. The molecule has 0 spiro atoms. The maximum absolute atomic E-state index is 13.1. The van der Waals surface area contributed by atoms with Crippen molar-refractivity contribution in [1.29, 1.82) is 0 Å². The number of hydrogen-bond donors (Lipinski definition) is 2. The maximum Gasteiger partial charge on any atom is 0.257 e. The molecule has 2 atom stereocenters. The summed E-state index contributed by atoms with van der Waals surface area (Å²) in [6.07, 6.45) is 7.05. The number of aromatic nitrogens is 2. The first-order valence-corrected chi connectivity index (χ1v) is 10.8. The van der Waals surface area contributed by atoms with Gasteiger partial charge < -0.3 is 4.90 Å². The first-order valence-electron chi connectivity index (χ1n) is 10.8. The van der Waals surface area contributed by atoms with E-state index >= 15 is 0 Å². The van der Waals surface area contributed by atoms with Gasteiger partial charge in [0.2, 0.25) is 0 Å². The fourth-order valence-corrected chi connectivity index (χ4v) is 4.79. The van der Waals surface area contributed by atoms with E-state index in [-0.39, 0.29) is 5.91 Å². The molecule has 0 aliphatic carbocycles. The van der Waals surface area contributed by atoms with Gasteiger partial charge in [-0.25, -0.2) is 9.97 Å². The van der Waals surface area contributed by atoms with Crippen LogP contribution >= 0.6 is 0 Å². The molecular weight excluding hydrogens is 362 g/mol. The maximum atomic E-state index is 13.1. The topological polar surface area (TPSA) is 70.2 Å². The summed E-state index contributed by atoms with van der Waals surface area (Å²) in [7, 11) is 0. The van der Waals surface area contributed by atoms with E-state index in [1.807, 2.05) is 4.90 Å². The Bertz CT molecular complexity index is 847. The molecule has 0 saturated carbocycles. The van der Waals surface area contributed by atoms with E-state index in [2.05, 4.69) is 58.9 Å². The van der Waals surface area contributed by atoms with E-state index in [1.165, 1.54) is 17.5 Å². The van der Waals surface area contributed by atoms with Gasteiger partial charge in [0, 0.05) is 37.8 Å². The Morgan fingerprint density at radius 1 is 1.28 bits per heavy atom. The quantitative estimate of drug-likeness (QED) is 0.817. The van der Waals surface area contributed by atoms with Crippen LogP contribution < -0.4 is 10.9 Å². The second-order valence-electron chi connectivity index (χ2n) is 8.33. The molecule has 154 valence electrons. The molecule has 2 aliphatic heterocycles. The number of benzene rings is 1. The van der Waals surface area contributed by atoms with Crippen LogP contribution in [0.2, 0.25) is 0 Å². The van der Waals surface area contributed by atoms with Crippen LogP contribution in [0.4, 0.5) is 0 Å². The molecule has 3 heterocycles. The second-order valence-corrected chi connectivity index (χ2v) is 8.33. The van der Waals surface area contributed by atoms with Crippen LogP contribution in [0.5, 0.6) is 0 Å². The third kappa shape index (κ3) is 4.33. The van der Waals surface area contributed by atoms with Crippen LogP contribution in [0, 0.1) is 12.8 Å². The standard InChI is InChI=1S/C23H31N5O/c1-3-5-21-20(13-24-15-25-21)23(29)28-10-8-17(9-11-28)22-19(14-26-27-22)18-7-4-6-16(2)12-18/h4,6-7,12-13,15,17,19,22,26-27H,3,5,8-11,14H2,1-2H3. The summed E-state index contributed by atoms with van der Waals surface area (Å²) >= 11 is 0. The molecule has 2 aromatic rings. The van der Waals surface area contributed by atoms with Crippen molar-refractivity contribution in [3.05, 3.63) is 59.2 Å². The molecular formula is C23H31N5O. The molecule has 4 rings (SSSR count). The van der Waals surface area contributed by atoms with Gasteiger partial charge in [-0.05, 0) is 37.7 Å². The zero-order valence-electron chi connectivity index (χ0n) is 17.4. The van der Waals surface area contributed by atoms with E-state index in [0.717, 1.165) is 51.0 Å². The minimum absolute atomic E-state index is 0.0836. The van der Waals surface area contributed by atoms with Crippen molar-refractivity contribution in [2.24, 2.45) is 5.92 Å². The number of rotatable bonds is 5. The number of hydrazine groups is 1. The Hall–Kier alpha value is -2.31. The number of likely N-dealkylation sites (tertiary alicyclic amines) is 1. The molecule has 2 fully saturated rings. The van der Waals surface area contributed by atoms with Crippen LogP contribution in [0.25, 0.3) is 0 Å². The highest BCUT2D eigenvalue weighted by Crippen LogP contribution is 2.33. The van der Waals surface area contributed by atoms with Gasteiger partial charge in [-0.3, -0.25) is 15.6 Å². The molecule has 0 radical (unpaired) electrons. The van der Waals surface area contributed by atoms with Crippen LogP contribution in [-0.2, 0) is 6.42 Å². The van der Waals surface area contributed by atoms with Crippen LogP contribution in [0.15, 0.2) is 36.8 Å². The van der Waals surface area contributed by atoms with Crippen molar-refractivity contribution in [3.8, 4) is 0 Å². The van der Waals surface area contributed by atoms with Crippen molar-refractivity contribution in [1.82, 2.24) is 25.7 Å². The second kappa shape index (κ2) is 9.01. The zero-order chi connectivity index (χ0) is 20.2. The minimum atomic E-state index is 0.0836. The SMILES string of the molecule is CCCc1ncncc1C(=O)N1CCC(C2NNCC2c2cccc(C)c2)CC1. The first kappa shape index (κ1) is 20.0. The molecule has 2 unspecified atom stereocenters. The molecule has 6 nitrogen and oxygen atoms in total. The lowest BCUT2D eigenvalue weighted by Gasteiger charge is -2.36. The molecule has 2 N–H and O–H groups in total. The number of piperidine rings is 1. The van der Waals surface area contributed by atoms with Crippen LogP contribution in [0.1, 0.15) is 59.3 Å². The summed E-state index contributed by atoms with van der Waals surface area (Å²) in [4.78, 5) is 23.5. The van der Waals surface area contributed by atoms with Gasteiger partial charge in [0.1, 0.15) is 6.33 Å². The number of aryl methyl sites for hydroxylation is 2. The van der Waals surface area contributed by atoms with Crippen LogP contribution in [-0.4, -0.2) is 46.5 Å². The third-order valence-corrected chi connectivity index (χ3v) is 6.34. The monoisotopic (exact) mass is 393 g/mol. The Balaban J connectivity index is 1.41. The first-order chi connectivity index (χ1) is 14.2. The lowest BCUT2D eigenvalue weighted by atomic mass is 9.80. The van der Waals surface area contributed by atoms with Crippen molar-refractivity contribution in [2.45, 2.75) is 51.5 Å². The van der Waals surface area contributed by atoms with E-state index < -0.39 is 0 Å². The van der Waals surface area contributed by atoms with E-state index in [0.29, 0.717) is 23.4 Å². The summed E-state index contributed by atoms with van der Waals surface area (Å²) in [6, 6.07) is 9.25. The molecule has 1 aromatic heterocycles. The summed E-state index contributed by atoms with van der Waals surface area (Å²) in [5.41, 5.74) is 11.1. The van der Waals surface area contributed by atoms with Gasteiger partial charge >= 0.3 is 0 Å². The Labute approximate surface area is 173 Å². The van der Waals surface area contributed by atoms with Crippen LogP contribution in [0.3, 0.4) is 0 Å². The number of nitrogens with zero attached hydrogens (tertiary/aromatic N) is 3. The largest absolute Gasteiger partial charge is 0.339 e. The highest BCUT2D eigenvalue weighted by atomic mass is 16.2. The predicted molar refractivity (Wildman–Crippen MR) is 114 cm³/mol. The molecule has 0 bridgehead atoms. The van der Waals surface area contributed by atoms with Gasteiger partial charge in [-0.1, -0.05) is 43.2 Å². The number of amides is 1. The Morgan fingerprint density at radius 2 is 2.10 bits per heavy atom. The van der Waals surface area contributed by atoms with Crippen molar-refractivity contribution in [3.63, 3.8) is 0 Å². The van der Waals surface area contributed by atoms with Gasteiger partial charge in [-0.15, -0.1) is 0 Å². The van der Waals surface area contributed by atoms with E-state index in [9.17, 15) is 4.79 Å².